The first-order valence-electron chi connectivity index (χ1n) is 4.26. The van der Waals surface area contributed by atoms with Crippen molar-refractivity contribution in [1.82, 2.24) is 4.98 Å². The highest BCUT2D eigenvalue weighted by Crippen LogP contribution is 2.17. The van der Waals surface area contributed by atoms with Crippen LogP contribution in [0.3, 0.4) is 0 Å². The molecule has 0 spiro atoms. The van der Waals surface area contributed by atoms with Crippen molar-refractivity contribution >= 4 is 22.6 Å². The maximum absolute atomic E-state index is 11.3. The van der Waals surface area contributed by atoms with Gasteiger partial charge in [-0.15, -0.1) is 0 Å². The average Bonchev–Trinajstić information content (AvgIpc) is 2.48. The van der Waals surface area contributed by atoms with Gasteiger partial charge in [-0.05, 0) is 20.8 Å². The molecule has 0 radical (unpaired) electrons. The van der Waals surface area contributed by atoms with Gasteiger partial charge in [-0.25, -0.2) is 9.78 Å². The number of anilines is 1. The smallest absolute Gasteiger partial charge is 0.413 e. The minimum atomic E-state index is -0.568. The zero-order valence-electron chi connectivity index (χ0n) is 8.70. The fourth-order valence-electron chi connectivity index (χ4n) is 0.775. The number of nitrogens with zero attached hydrogens (tertiary/aromatic N) is 2. The lowest BCUT2D eigenvalue weighted by Gasteiger charge is -2.18. The molecule has 0 aliphatic rings. The van der Waals surface area contributed by atoms with Crippen LogP contribution < -0.4 is 5.32 Å². The van der Waals surface area contributed by atoms with Crippen molar-refractivity contribution in [1.29, 1.82) is 5.26 Å². The van der Waals surface area contributed by atoms with Gasteiger partial charge >= 0.3 is 6.09 Å². The number of carbonyl (C=O) groups excluding carboxylic acids is 1. The predicted octanol–water partition coefficient (Wildman–Crippen LogP) is 2.36. The van der Waals surface area contributed by atoms with Crippen LogP contribution >= 0.6 is 11.3 Å². The second-order valence-electron chi connectivity index (χ2n) is 3.77. The lowest BCUT2D eigenvalue weighted by Crippen LogP contribution is -2.27. The predicted molar refractivity (Wildman–Crippen MR) is 56.7 cm³/mol. The van der Waals surface area contributed by atoms with Gasteiger partial charge in [0.05, 0.1) is 6.20 Å². The molecular weight excluding hydrogens is 214 g/mol. The number of ether oxygens (including phenoxy) is 1. The molecule has 1 aromatic rings. The van der Waals surface area contributed by atoms with E-state index in [1.165, 1.54) is 6.20 Å². The minimum absolute atomic E-state index is 0.362. The lowest BCUT2D eigenvalue weighted by molar-refractivity contribution is 0.0636. The largest absolute Gasteiger partial charge is 0.444 e. The lowest BCUT2D eigenvalue weighted by atomic mass is 10.2. The van der Waals surface area contributed by atoms with Crippen LogP contribution in [0.4, 0.5) is 9.93 Å². The molecule has 0 atom stereocenters. The van der Waals surface area contributed by atoms with Crippen molar-refractivity contribution < 1.29 is 9.53 Å². The molecule has 5 nitrogen and oxygen atoms in total. The van der Waals surface area contributed by atoms with Crippen LogP contribution in [0.15, 0.2) is 6.20 Å². The summed E-state index contributed by atoms with van der Waals surface area (Å²) < 4.78 is 5.02. The van der Waals surface area contributed by atoms with Gasteiger partial charge in [0, 0.05) is 0 Å². The van der Waals surface area contributed by atoms with Gasteiger partial charge in [0.2, 0.25) is 0 Å². The highest BCUT2D eigenvalue weighted by Gasteiger charge is 2.17. The Labute approximate surface area is 91.7 Å². The number of thiazole rings is 1. The molecule has 15 heavy (non-hydrogen) atoms. The monoisotopic (exact) mass is 225 g/mol. The quantitative estimate of drug-likeness (QED) is 0.796. The summed E-state index contributed by atoms with van der Waals surface area (Å²) in [6.07, 6.45) is 0.832. The Morgan fingerprint density at radius 2 is 2.33 bits per heavy atom. The Hall–Kier alpha value is -1.61. The first-order valence-corrected chi connectivity index (χ1v) is 5.08. The Morgan fingerprint density at radius 1 is 1.67 bits per heavy atom. The minimum Gasteiger partial charge on any atom is -0.444 e. The summed E-state index contributed by atoms with van der Waals surface area (Å²) >= 11 is 1.10. The molecule has 1 heterocycles. The fourth-order valence-corrected chi connectivity index (χ4v) is 1.37. The molecule has 1 rings (SSSR count). The number of rotatable bonds is 1. The van der Waals surface area contributed by atoms with E-state index in [4.69, 9.17) is 10.00 Å². The molecule has 1 N–H and O–H groups in total. The van der Waals surface area contributed by atoms with E-state index in [1.807, 2.05) is 6.07 Å². The average molecular weight is 225 g/mol. The number of carbonyl (C=O) groups is 1. The molecule has 0 saturated carbocycles. The summed E-state index contributed by atoms with van der Waals surface area (Å²) in [4.78, 5) is 15.6. The summed E-state index contributed by atoms with van der Waals surface area (Å²) in [7, 11) is 0. The number of hydrogen-bond donors (Lipinski definition) is 1. The zero-order chi connectivity index (χ0) is 11.5. The molecule has 0 saturated heterocycles. The van der Waals surface area contributed by atoms with Gasteiger partial charge < -0.3 is 4.74 Å². The SMILES string of the molecule is CC(C)(C)OC(=O)Nc1ncc(C#N)s1. The topological polar surface area (TPSA) is 75.0 Å². The second kappa shape index (κ2) is 4.28. The van der Waals surface area contributed by atoms with E-state index in [0.29, 0.717) is 10.0 Å². The van der Waals surface area contributed by atoms with Crippen LogP contribution in [-0.2, 0) is 4.74 Å². The van der Waals surface area contributed by atoms with E-state index in [-0.39, 0.29) is 0 Å². The Kier molecular flexibility index (Phi) is 3.27. The van der Waals surface area contributed by atoms with Crippen LogP contribution in [0.2, 0.25) is 0 Å². The molecule has 1 amide bonds. The summed E-state index contributed by atoms with van der Waals surface area (Å²) in [6.45, 7) is 5.32. The first-order chi connectivity index (χ1) is 6.90. The Bertz CT molecular complexity index is 400. The van der Waals surface area contributed by atoms with Gasteiger partial charge in [0.1, 0.15) is 16.5 Å². The Morgan fingerprint density at radius 3 is 2.80 bits per heavy atom. The number of amides is 1. The highest BCUT2D eigenvalue weighted by atomic mass is 32.1. The maximum Gasteiger partial charge on any atom is 0.413 e. The molecule has 0 unspecified atom stereocenters. The molecule has 1 aromatic heterocycles. The molecular formula is C9H11N3O2S. The van der Waals surface area contributed by atoms with E-state index in [0.717, 1.165) is 11.3 Å². The Balaban J connectivity index is 2.56. The molecule has 0 bridgehead atoms. The summed E-state index contributed by atoms with van der Waals surface area (Å²) in [5, 5.41) is 11.4. The third-order valence-corrected chi connectivity index (χ3v) is 2.04. The van der Waals surface area contributed by atoms with Gasteiger partial charge in [-0.1, -0.05) is 11.3 Å². The van der Waals surface area contributed by atoms with Crippen LogP contribution in [0.5, 0.6) is 0 Å². The van der Waals surface area contributed by atoms with E-state index in [1.54, 1.807) is 20.8 Å². The van der Waals surface area contributed by atoms with E-state index >= 15 is 0 Å². The number of nitriles is 1. The molecule has 80 valence electrons. The molecule has 0 aromatic carbocycles. The van der Waals surface area contributed by atoms with Crippen LogP contribution in [0.1, 0.15) is 25.6 Å². The van der Waals surface area contributed by atoms with Crippen LogP contribution in [-0.4, -0.2) is 16.7 Å². The first kappa shape index (κ1) is 11.5. The summed E-state index contributed by atoms with van der Waals surface area (Å²) in [5.74, 6) is 0. The van der Waals surface area contributed by atoms with Gasteiger partial charge in [-0.3, -0.25) is 5.32 Å². The van der Waals surface area contributed by atoms with Crippen LogP contribution in [0, 0.1) is 11.3 Å². The fraction of sp³-hybridized carbons (Fsp3) is 0.444. The molecule has 0 fully saturated rings. The zero-order valence-corrected chi connectivity index (χ0v) is 9.51. The van der Waals surface area contributed by atoms with Crippen molar-refractivity contribution in [2.24, 2.45) is 0 Å². The molecule has 0 aliphatic carbocycles. The maximum atomic E-state index is 11.3. The normalized spacial score (nSPS) is 10.5. The second-order valence-corrected chi connectivity index (χ2v) is 4.80. The van der Waals surface area contributed by atoms with Crippen molar-refractivity contribution in [2.45, 2.75) is 26.4 Å². The highest BCUT2D eigenvalue weighted by molar-refractivity contribution is 7.16. The van der Waals surface area contributed by atoms with E-state index in [9.17, 15) is 4.79 Å². The van der Waals surface area contributed by atoms with Gasteiger partial charge in [0.15, 0.2) is 5.13 Å². The van der Waals surface area contributed by atoms with Crippen molar-refractivity contribution in [3.8, 4) is 6.07 Å². The molecule has 0 aliphatic heterocycles. The number of nitrogens with one attached hydrogen (secondary N) is 1. The standard InChI is InChI=1S/C9H11N3O2S/c1-9(2,3)14-8(13)12-7-11-5-6(4-10)15-7/h5H,1-3H3,(H,11,12,13). The van der Waals surface area contributed by atoms with Crippen molar-refractivity contribution in [2.75, 3.05) is 5.32 Å². The number of hydrogen-bond acceptors (Lipinski definition) is 5. The van der Waals surface area contributed by atoms with Gasteiger partial charge in [-0.2, -0.15) is 5.26 Å². The number of aromatic nitrogens is 1. The molecule has 6 heteroatoms. The van der Waals surface area contributed by atoms with E-state index in [2.05, 4.69) is 10.3 Å². The third kappa shape index (κ3) is 3.95. The van der Waals surface area contributed by atoms with Crippen LogP contribution in [0.25, 0.3) is 0 Å². The summed E-state index contributed by atoms with van der Waals surface area (Å²) in [6, 6.07) is 1.93. The van der Waals surface area contributed by atoms with E-state index < -0.39 is 11.7 Å². The summed E-state index contributed by atoms with van der Waals surface area (Å²) in [5.41, 5.74) is -0.542. The van der Waals surface area contributed by atoms with Crippen molar-refractivity contribution in [3.63, 3.8) is 0 Å². The van der Waals surface area contributed by atoms with Crippen molar-refractivity contribution in [3.05, 3.63) is 11.1 Å². The van der Waals surface area contributed by atoms with Gasteiger partial charge in [0.25, 0.3) is 0 Å². The third-order valence-electron chi connectivity index (χ3n) is 1.22.